The molecule has 0 aliphatic carbocycles. The lowest BCUT2D eigenvalue weighted by molar-refractivity contribution is -0.142. The van der Waals surface area contributed by atoms with Gasteiger partial charge in [0.25, 0.3) is 0 Å². The zero-order valence-electron chi connectivity index (χ0n) is 9.91. The standard InChI is InChI=1S/C11H21NO3/c1-5-6-9(7(2)3)10(13)12-8(4)11(14)15/h7-9H,5-6H2,1-4H3,(H,12,13)(H,14,15). The number of aliphatic carboxylic acids is 1. The van der Waals surface area contributed by atoms with Crippen molar-refractivity contribution in [1.29, 1.82) is 0 Å². The molecule has 88 valence electrons. The normalized spacial score (nSPS) is 14.7. The summed E-state index contributed by atoms with van der Waals surface area (Å²) in [4.78, 5) is 22.3. The molecule has 0 aliphatic heterocycles. The number of carbonyl (C=O) groups excluding carboxylic acids is 1. The Hall–Kier alpha value is -1.06. The molecule has 0 saturated carbocycles. The number of carbonyl (C=O) groups is 2. The van der Waals surface area contributed by atoms with Gasteiger partial charge in [0.2, 0.25) is 5.91 Å². The first-order valence-corrected chi connectivity index (χ1v) is 5.43. The van der Waals surface area contributed by atoms with Crippen LogP contribution in [0.4, 0.5) is 0 Å². The molecule has 4 nitrogen and oxygen atoms in total. The predicted molar refractivity (Wildman–Crippen MR) is 58.5 cm³/mol. The van der Waals surface area contributed by atoms with Gasteiger partial charge >= 0.3 is 5.97 Å². The van der Waals surface area contributed by atoms with Gasteiger partial charge in [-0.15, -0.1) is 0 Å². The van der Waals surface area contributed by atoms with Crippen molar-refractivity contribution in [2.24, 2.45) is 11.8 Å². The van der Waals surface area contributed by atoms with Gasteiger partial charge < -0.3 is 10.4 Å². The van der Waals surface area contributed by atoms with E-state index in [4.69, 9.17) is 5.11 Å². The van der Waals surface area contributed by atoms with Crippen molar-refractivity contribution < 1.29 is 14.7 Å². The lowest BCUT2D eigenvalue weighted by atomic mass is 9.90. The van der Waals surface area contributed by atoms with E-state index in [1.165, 1.54) is 6.92 Å². The third-order valence-electron chi connectivity index (χ3n) is 2.47. The minimum absolute atomic E-state index is 0.0863. The smallest absolute Gasteiger partial charge is 0.325 e. The van der Waals surface area contributed by atoms with Crippen molar-refractivity contribution in [2.75, 3.05) is 0 Å². The lowest BCUT2D eigenvalue weighted by Crippen LogP contribution is -2.42. The highest BCUT2D eigenvalue weighted by Gasteiger charge is 2.24. The average Bonchev–Trinajstić information content (AvgIpc) is 2.12. The Labute approximate surface area is 91.1 Å². The summed E-state index contributed by atoms with van der Waals surface area (Å²) in [7, 11) is 0. The maximum atomic E-state index is 11.7. The first-order chi connectivity index (χ1) is 6.90. The summed E-state index contributed by atoms with van der Waals surface area (Å²) in [5.74, 6) is -0.994. The number of hydrogen-bond acceptors (Lipinski definition) is 2. The number of amides is 1. The summed E-state index contributed by atoms with van der Waals surface area (Å²) in [6.07, 6.45) is 1.73. The van der Waals surface area contributed by atoms with Crippen LogP contribution < -0.4 is 5.32 Å². The van der Waals surface area contributed by atoms with E-state index in [1.54, 1.807) is 0 Å². The van der Waals surface area contributed by atoms with Crippen molar-refractivity contribution in [1.82, 2.24) is 5.32 Å². The van der Waals surface area contributed by atoms with Gasteiger partial charge in [-0.1, -0.05) is 27.2 Å². The Morgan fingerprint density at radius 3 is 2.13 bits per heavy atom. The molecule has 2 unspecified atom stereocenters. The summed E-state index contributed by atoms with van der Waals surface area (Å²) < 4.78 is 0. The fourth-order valence-corrected chi connectivity index (χ4v) is 1.46. The molecule has 0 rings (SSSR count). The van der Waals surface area contributed by atoms with E-state index in [-0.39, 0.29) is 17.7 Å². The van der Waals surface area contributed by atoms with Gasteiger partial charge in [0, 0.05) is 5.92 Å². The molecule has 0 radical (unpaired) electrons. The molecule has 0 aromatic heterocycles. The minimum Gasteiger partial charge on any atom is -0.480 e. The summed E-state index contributed by atoms with van der Waals surface area (Å²) in [5, 5.41) is 11.2. The minimum atomic E-state index is -0.998. The second-order valence-electron chi connectivity index (χ2n) is 4.21. The topological polar surface area (TPSA) is 66.4 Å². The molecule has 0 fully saturated rings. The maximum Gasteiger partial charge on any atom is 0.325 e. The monoisotopic (exact) mass is 215 g/mol. The Morgan fingerprint density at radius 1 is 1.27 bits per heavy atom. The van der Waals surface area contributed by atoms with Crippen LogP contribution in [0.15, 0.2) is 0 Å². The predicted octanol–water partition coefficient (Wildman–Crippen LogP) is 1.65. The second-order valence-corrected chi connectivity index (χ2v) is 4.21. The Morgan fingerprint density at radius 2 is 1.80 bits per heavy atom. The van der Waals surface area contributed by atoms with E-state index in [2.05, 4.69) is 5.32 Å². The third kappa shape index (κ3) is 4.81. The number of nitrogens with one attached hydrogen (secondary N) is 1. The zero-order chi connectivity index (χ0) is 12.0. The summed E-state index contributed by atoms with van der Waals surface area (Å²) in [6.45, 7) is 7.45. The van der Waals surface area contributed by atoms with Crippen molar-refractivity contribution >= 4 is 11.9 Å². The molecule has 2 atom stereocenters. The first-order valence-electron chi connectivity index (χ1n) is 5.43. The number of carboxylic acids is 1. The molecule has 2 N–H and O–H groups in total. The Bertz CT molecular complexity index is 226. The number of carboxylic acid groups (broad SMARTS) is 1. The molecule has 0 aromatic rings. The van der Waals surface area contributed by atoms with Crippen LogP contribution >= 0.6 is 0 Å². The first kappa shape index (κ1) is 13.9. The van der Waals surface area contributed by atoms with Gasteiger partial charge in [-0.25, -0.2) is 0 Å². The highest BCUT2D eigenvalue weighted by atomic mass is 16.4. The highest BCUT2D eigenvalue weighted by molar-refractivity contribution is 5.84. The number of hydrogen-bond donors (Lipinski definition) is 2. The summed E-state index contributed by atoms with van der Waals surface area (Å²) in [6, 6.07) is -0.810. The van der Waals surface area contributed by atoms with Crippen molar-refractivity contribution in [2.45, 2.75) is 46.6 Å². The van der Waals surface area contributed by atoms with E-state index in [1.807, 2.05) is 20.8 Å². The lowest BCUT2D eigenvalue weighted by Gasteiger charge is -2.20. The van der Waals surface area contributed by atoms with Crippen LogP contribution in [-0.4, -0.2) is 23.0 Å². The largest absolute Gasteiger partial charge is 0.480 e. The van der Waals surface area contributed by atoms with E-state index in [0.29, 0.717) is 0 Å². The van der Waals surface area contributed by atoms with E-state index in [0.717, 1.165) is 12.8 Å². The summed E-state index contributed by atoms with van der Waals surface area (Å²) in [5.41, 5.74) is 0. The maximum absolute atomic E-state index is 11.7. The van der Waals surface area contributed by atoms with Crippen LogP contribution in [0.5, 0.6) is 0 Å². The molecule has 1 amide bonds. The molecule has 0 aromatic carbocycles. The SMILES string of the molecule is CCCC(C(=O)NC(C)C(=O)O)C(C)C. The van der Waals surface area contributed by atoms with Crippen molar-refractivity contribution in [3.8, 4) is 0 Å². The third-order valence-corrected chi connectivity index (χ3v) is 2.47. The van der Waals surface area contributed by atoms with Crippen LogP contribution in [0.1, 0.15) is 40.5 Å². The van der Waals surface area contributed by atoms with Crippen LogP contribution in [0.2, 0.25) is 0 Å². The van der Waals surface area contributed by atoms with Crippen LogP contribution in [-0.2, 0) is 9.59 Å². The van der Waals surface area contributed by atoms with Gasteiger partial charge in [0.05, 0.1) is 0 Å². The highest BCUT2D eigenvalue weighted by Crippen LogP contribution is 2.17. The molecule has 0 heterocycles. The Kier molecular flexibility index (Phi) is 5.97. The zero-order valence-corrected chi connectivity index (χ0v) is 9.91. The molecule has 0 aliphatic rings. The molecule has 0 spiro atoms. The van der Waals surface area contributed by atoms with Gasteiger partial charge in [-0.2, -0.15) is 0 Å². The average molecular weight is 215 g/mol. The van der Waals surface area contributed by atoms with Crippen LogP contribution in [0.3, 0.4) is 0 Å². The van der Waals surface area contributed by atoms with E-state index < -0.39 is 12.0 Å². The molecule has 4 heteroatoms. The number of rotatable bonds is 6. The van der Waals surface area contributed by atoms with Gasteiger partial charge in [0.15, 0.2) is 0 Å². The van der Waals surface area contributed by atoms with Crippen molar-refractivity contribution in [3.63, 3.8) is 0 Å². The Balaban J connectivity index is 4.32. The fourth-order valence-electron chi connectivity index (χ4n) is 1.46. The van der Waals surface area contributed by atoms with E-state index >= 15 is 0 Å². The van der Waals surface area contributed by atoms with Crippen molar-refractivity contribution in [3.05, 3.63) is 0 Å². The second kappa shape index (κ2) is 6.43. The molecule has 0 saturated heterocycles. The quantitative estimate of drug-likeness (QED) is 0.708. The molecular weight excluding hydrogens is 194 g/mol. The summed E-state index contributed by atoms with van der Waals surface area (Å²) >= 11 is 0. The molecule has 15 heavy (non-hydrogen) atoms. The van der Waals surface area contributed by atoms with Gasteiger partial charge in [0.1, 0.15) is 6.04 Å². The van der Waals surface area contributed by atoms with Gasteiger partial charge in [-0.05, 0) is 19.3 Å². The van der Waals surface area contributed by atoms with Crippen LogP contribution in [0.25, 0.3) is 0 Å². The molecule has 0 bridgehead atoms. The fraction of sp³-hybridized carbons (Fsp3) is 0.818. The van der Waals surface area contributed by atoms with Gasteiger partial charge in [-0.3, -0.25) is 9.59 Å². The molecular formula is C11H21NO3. The van der Waals surface area contributed by atoms with Crippen LogP contribution in [0, 0.1) is 11.8 Å². The van der Waals surface area contributed by atoms with E-state index in [9.17, 15) is 9.59 Å².